The van der Waals surface area contributed by atoms with Gasteiger partial charge in [0.05, 0.1) is 6.61 Å². The highest BCUT2D eigenvalue weighted by Gasteiger charge is 1.89. The van der Waals surface area contributed by atoms with Gasteiger partial charge in [-0.05, 0) is 13.0 Å². The Bertz CT molecular complexity index is 180. The van der Waals surface area contributed by atoms with Crippen LogP contribution in [0.3, 0.4) is 0 Å². The minimum Gasteiger partial charge on any atom is -0.463 e. The van der Waals surface area contributed by atoms with Crippen molar-refractivity contribution in [3.63, 3.8) is 0 Å². The number of rotatable bonds is 4. The lowest BCUT2D eigenvalue weighted by Crippen LogP contribution is -1.98. The summed E-state index contributed by atoms with van der Waals surface area (Å²) in [4.78, 5) is 20.3. The Morgan fingerprint density at radius 1 is 1.36 bits per heavy atom. The van der Waals surface area contributed by atoms with E-state index in [1.807, 2.05) is 0 Å². The number of carbonyl (C=O) groups excluding carboxylic acids is 2. The van der Waals surface area contributed by atoms with E-state index >= 15 is 0 Å². The number of esters is 1. The fraction of sp³-hybridized carbons (Fsp3) is 0.250. The zero-order valence-corrected chi connectivity index (χ0v) is 6.32. The molecule has 0 spiro atoms. The number of aldehydes is 1. The van der Waals surface area contributed by atoms with Gasteiger partial charge in [0.1, 0.15) is 6.29 Å². The van der Waals surface area contributed by atoms with Gasteiger partial charge in [0.2, 0.25) is 0 Å². The third kappa shape index (κ3) is 6.51. The van der Waals surface area contributed by atoms with Gasteiger partial charge in [-0.1, -0.05) is 12.2 Å². The molecular weight excluding hydrogens is 144 g/mol. The number of hydrogen-bond donors (Lipinski definition) is 0. The van der Waals surface area contributed by atoms with Crippen LogP contribution in [0.15, 0.2) is 24.3 Å². The quantitative estimate of drug-likeness (QED) is 0.261. The lowest BCUT2D eigenvalue weighted by molar-refractivity contribution is -0.137. The van der Waals surface area contributed by atoms with Crippen LogP contribution in [0.4, 0.5) is 0 Å². The summed E-state index contributed by atoms with van der Waals surface area (Å²) in [6.07, 6.45) is 6.09. The summed E-state index contributed by atoms with van der Waals surface area (Å²) in [6, 6.07) is 0. The number of allylic oxidation sites excluding steroid dienone is 3. The van der Waals surface area contributed by atoms with Crippen LogP contribution < -0.4 is 0 Å². The minimum atomic E-state index is -0.400. The van der Waals surface area contributed by atoms with Crippen LogP contribution in [0.2, 0.25) is 0 Å². The molecule has 0 bridgehead atoms. The minimum absolute atomic E-state index is 0.362. The number of ether oxygens (including phenoxy) is 1. The second-order valence-corrected chi connectivity index (χ2v) is 1.63. The van der Waals surface area contributed by atoms with Gasteiger partial charge in [0.15, 0.2) is 0 Å². The summed E-state index contributed by atoms with van der Waals surface area (Å²) in [5.41, 5.74) is 0. The highest BCUT2D eigenvalue weighted by Crippen LogP contribution is 1.81. The van der Waals surface area contributed by atoms with Crippen LogP contribution >= 0.6 is 0 Å². The van der Waals surface area contributed by atoms with E-state index in [1.54, 1.807) is 6.92 Å². The van der Waals surface area contributed by atoms with Crippen LogP contribution in [0, 0.1) is 0 Å². The Balaban J connectivity index is 3.64. The molecule has 0 aromatic carbocycles. The van der Waals surface area contributed by atoms with E-state index < -0.39 is 5.97 Å². The van der Waals surface area contributed by atoms with E-state index in [-0.39, 0.29) is 0 Å². The lowest BCUT2D eigenvalue weighted by atomic mass is 10.4. The van der Waals surface area contributed by atoms with Gasteiger partial charge in [0.25, 0.3) is 0 Å². The predicted molar refractivity (Wildman–Crippen MR) is 41.0 cm³/mol. The van der Waals surface area contributed by atoms with E-state index in [0.717, 1.165) is 0 Å². The molecule has 3 heteroatoms. The van der Waals surface area contributed by atoms with Gasteiger partial charge >= 0.3 is 5.97 Å². The van der Waals surface area contributed by atoms with Crippen molar-refractivity contribution in [2.75, 3.05) is 6.61 Å². The van der Waals surface area contributed by atoms with Gasteiger partial charge in [0, 0.05) is 6.08 Å². The molecule has 0 aromatic rings. The molecule has 0 saturated heterocycles. The SMILES string of the molecule is CCOC(=O)/C=C/C=C/C=O. The maximum atomic E-state index is 10.6. The lowest BCUT2D eigenvalue weighted by Gasteiger charge is -1.92. The monoisotopic (exact) mass is 154 g/mol. The molecule has 0 saturated carbocycles. The Labute approximate surface area is 65.4 Å². The van der Waals surface area contributed by atoms with E-state index in [4.69, 9.17) is 0 Å². The van der Waals surface area contributed by atoms with E-state index in [0.29, 0.717) is 12.9 Å². The molecule has 0 atom stereocenters. The Morgan fingerprint density at radius 3 is 2.64 bits per heavy atom. The van der Waals surface area contributed by atoms with Gasteiger partial charge in [-0.25, -0.2) is 4.79 Å². The molecule has 60 valence electrons. The molecular formula is C8H10O3. The third-order valence-electron chi connectivity index (χ3n) is 0.820. The Kier molecular flexibility index (Phi) is 5.89. The first-order valence-electron chi connectivity index (χ1n) is 3.26. The second kappa shape index (κ2) is 6.74. The highest BCUT2D eigenvalue weighted by atomic mass is 16.5. The average Bonchev–Trinajstić information content (AvgIpc) is 1.99. The fourth-order valence-electron chi connectivity index (χ4n) is 0.434. The van der Waals surface area contributed by atoms with E-state index in [9.17, 15) is 9.59 Å². The van der Waals surface area contributed by atoms with E-state index in [2.05, 4.69) is 4.74 Å². The van der Waals surface area contributed by atoms with Gasteiger partial charge in [-0.2, -0.15) is 0 Å². The fourth-order valence-corrected chi connectivity index (χ4v) is 0.434. The van der Waals surface area contributed by atoms with Crippen LogP contribution in [0.25, 0.3) is 0 Å². The summed E-state index contributed by atoms with van der Waals surface area (Å²) in [5, 5.41) is 0. The molecule has 0 N–H and O–H groups in total. The maximum absolute atomic E-state index is 10.6. The Morgan fingerprint density at radius 2 is 2.09 bits per heavy atom. The van der Waals surface area contributed by atoms with Gasteiger partial charge < -0.3 is 4.74 Å². The normalized spacial score (nSPS) is 10.6. The molecule has 0 fully saturated rings. The largest absolute Gasteiger partial charge is 0.463 e. The van der Waals surface area contributed by atoms with Crippen LogP contribution in [0.1, 0.15) is 6.92 Å². The van der Waals surface area contributed by atoms with Crippen molar-refractivity contribution >= 4 is 12.3 Å². The smallest absolute Gasteiger partial charge is 0.330 e. The first-order chi connectivity index (χ1) is 5.31. The molecule has 0 aliphatic rings. The molecule has 0 rings (SSSR count). The molecule has 0 aromatic heterocycles. The first-order valence-corrected chi connectivity index (χ1v) is 3.26. The zero-order valence-electron chi connectivity index (χ0n) is 6.32. The molecule has 0 heterocycles. The van der Waals surface area contributed by atoms with E-state index in [1.165, 1.54) is 24.3 Å². The van der Waals surface area contributed by atoms with Crippen molar-refractivity contribution in [1.29, 1.82) is 0 Å². The third-order valence-corrected chi connectivity index (χ3v) is 0.820. The number of hydrogen-bond acceptors (Lipinski definition) is 3. The summed E-state index contributed by atoms with van der Waals surface area (Å²) < 4.78 is 4.57. The van der Waals surface area contributed by atoms with Gasteiger partial charge in [-0.15, -0.1) is 0 Å². The summed E-state index contributed by atoms with van der Waals surface area (Å²) in [6.45, 7) is 2.09. The summed E-state index contributed by atoms with van der Waals surface area (Å²) in [5.74, 6) is -0.400. The zero-order chi connectivity index (χ0) is 8.53. The summed E-state index contributed by atoms with van der Waals surface area (Å²) in [7, 11) is 0. The second-order valence-electron chi connectivity index (χ2n) is 1.63. The van der Waals surface area contributed by atoms with Gasteiger partial charge in [-0.3, -0.25) is 4.79 Å². The molecule has 0 radical (unpaired) electrons. The van der Waals surface area contributed by atoms with Crippen molar-refractivity contribution < 1.29 is 14.3 Å². The van der Waals surface area contributed by atoms with Crippen LogP contribution in [-0.4, -0.2) is 18.9 Å². The van der Waals surface area contributed by atoms with Crippen LogP contribution in [-0.2, 0) is 14.3 Å². The maximum Gasteiger partial charge on any atom is 0.330 e. The van der Waals surface area contributed by atoms with Crippen molar-refractivity contribution in [2.24, 2.45) is 0 Å². The molecule has 0 unspecified atom stereocenters. The molecule has 0 aliphatic heterocycles. The van der Waals surface area contributed by atoms with Crippen molar-refractivity contribution in [3.8, 4) is 0 Å². The molecule has 3 nitrogen and oxygen atoms in total. The number of carbonyl (C=O) groups is 2. The highest BCUT2D eigenvalue weighted by molar-refractivity contribution is 5.82. The first kappa shape index (κ1) is 9.62. The summed E-state index contributed by atoms with van der Waals surface area (Å²) >= 11 is 0. The van der Waals surface area contributed by atoms with Crippen molar-refractivity contribution in [2.45, 2.75) is 6.92 Å². The predicted octanol–water partition coefficient (Wildman–Crippen LogP) is 0.861. The molecule has 11 heavy (non-hydrogen) atoms. The van der Waals surface area contributed by atoms with Crippen molar-refractivity contribution in [1.82, 2.24) is 0 Å². The Hall–Kier alpha value is -1.38. The standard InChI is InChI=1S/C8H10O3/c1-2-11-8(10)6-4-3-5-7-9/h3-7H,2H2,1H3/b5-3+,6-4+. The molecule has 0 aliphatic carbocycles. The average molecular weight is 154 g/mol. The topological polar surface area (TPSA) is 43.4 Å². The van der Waals surface area contributed by atoms with Crippen LogP contribution in [0.5, 0.6) is 0 Å². The molecule has 0 amide bonds. The van der Waals surface area contributed by atoms with Crippen molar-refractivity contribution in [3.05, 3.63) is 24.3 Å².